The van der Waals surface area contributed by atoms with Crippen LogP contribution in [0.1, 0.15) is 56.0 Å². The smallest absolute Gasteiger partial charge is 0.124 e. The molecule has 0 aliphatic carbocycles. The number of para-hydroxylation sites is 1. The third-order valence-electron chi connectivity index (χ3n) is 4.44. The molecule has 0 spiro atoms. The molecular formula is C20H27NOS. The van der Waals surface area contributed by atoms with Crippen molar-refractivity contribution in [2.45, 2.75) is 58.2 Å². The Morgan fingerprint density at radius 1 is 1.13 bits per heavy atom. The molecule has 1 fully saturated rings. The number of likely N-dealkylation sites (tertiary alicyclic amines) is 1. The fourth-order valence-electron chi connectivity index (χ4n) is 3.38. The molecule has 1 aromatic carbocycles. The minimum Gasteiger partial charge on any atom is -0.491 e. The summed E-state index contributed by atoms with van der Waals surface area (Å²) in [4.78, 5) is 4.16. The maximum absolute atomic E-state index is 6.02. The van der Waals surface area contributed by atoms with Gasteiger partial charge in [0.05, 0.1) is 6.10 Å². The number of hydrogen-bond acceptors (Lipinski definition) is 3. The highest BCUT2D eigenvalue weighted by Gasteiger charge is 2.24. The molecule has 0 N–H and O–H groups in total. The lowest BCUT2D eigenvalue weighted by atomic mass is 10.1. The third kappa shape index (κ3) is 4.36. The van der Waals surface area contributed by atoms with Crippen LogP contribution in [0.4, 0.5) is 0 Å². The molecule has 0 amide bonds. The van der Waals surface area contributed by atoms with E-state index < -0.39 is 0 Å². The summed E-state index contributed by atoms with van der Waals surface area (Å²) < 4.78 is 6.02. The zero-order chi connectivity index (χ0) is 16.1. The quantitative estimate of drug-likeness (QED) is 0.702. The first kappa shape index (κ1) is 16.5. The molecule has 2 heterocycles. The van der Waals surface area contributed by atoms with Crippen LogP contribution in [0.3, 0.4) is 0 Å². The molecule has 0 radical (unpaired) electrons. The molecule has 3 rings (SSSR count). The Balaban J connectivity index is 1.81. The number of thiophene rings is 1. The SMILES string of the molecule is CC(C)Oc1ccccc1CN1CCCCC[C@H]1c1cccs1. The van der Waals surface area contributed by atoms with Crippen LogP contribution in [0, 0.1) is 0 Å². The van der Waals surface area contributed by atoms with Crippen LogP contribution in [0.2, 0.25) is 0 Å². The molecule has 1 aromatic heterocycles. The Bertz CT molecular complexity index is 593. The van der Waals surface area contributed by atoms with Gasteiger partial charge in [0.25, 0.3) is 0 Å². The van der Waals surface area contributed by atoms with Crippen LogP contribution in [-0.2, 0) is 6.54 Å². The average molecular weight is 330 g/mol. The van der Waals surface area contributed by atoms with E-state index in [1.807, 2.05) is 11.3 Å². The summed E-state index contributed by atoms with van der Waals surface area (Å²) in [6.07, 6.45) is 5.47. The predicted octanol–water partition coefficient (Wildman–Crippen LogP) is 5.65. The first-order chi connectivity index (χ1) is 11.2. The number of benzene rings is 1. The second kappa shape index (κ2) is 7.98. The molecular weight excluding hydrogens is 302 g/mol. The van der Waals surface area contributed by atoms with Gasteiger partial charge in [0.2, 0.25) is 0 Å². The van der Waals surface area contributed by atoms with Crippen LogP contribution >= 0.6 is 11.3 Å². The Kier molecular flexibility index (Phi) is 5.74. The van der Waals surface area contributed by atoms with Gasteiger partial charge in [-0.25, -0.2) is 0 Å². The molecule has 1 saturated heterocycles. The van der Waals surface area contributed by atoms with Crippen molar-refractivity contribution < 1.29 is 4.74 Å². The van der Waals surface area contributed by atoms with E-state index in [1.165, 1.54) is 42.7 Å². The van der Waals surface area contributed by atoms with Crippen molar-refractivity contribution >= 4 is 11.3 Å². The zero-order valence-electron chi connectivity index (χ0n) is 14.2. The van der Waals surface area contributed by atoms with Crippen LogP contribution < -0.4 is 4.74 Å². The van der Waals surface area contributed by atoms with Crippen molar-refractivity contribution in [3.8, 4) is 5.75 Å². The summed E-state index contributed by atoms with van der Waals surface area (Å²) in [5, 5.41) is 2.20. The number of rotatable bonds is 5. The molecule has 1 atom stereocenters. The Hall–Kier alpha value is -1.32. The Morgan fingerprint density at radius 3 is 2.78 bits per heavy atom. The lowest BCUT2D eigenvalue weighted by Crippen LogP contribution is -2.28. The predicted molar refractivity (Wildman–Crippen MR) is 98.1 cm³/mol. The summed E-state index contributed by atoms with van der Waals surface area (Å²) in [5.74, 6) is 1.04. The van der Waals surface area contributed by atoms with Gasteiger partial charge in [-0.2, -0.15) is 0 Å². The molecule has 2 aromatic rings. The van der Waals surface area contributed by atoms with Crippen LogP contribution in [-0.4, -0.2) is 17.5 Å². The minimum atomic E-state index is 0.216. The molecule has 1 aliphatic heterocycles. The van der Waals surface area contributed by atoms with Crippen molar-refractivity contribution in [2.24, 2.45) is 0 Å². The van der Waals surface area contributed by atoms with E-state index in [2.05, 4.69) is 60.5 Å². The van der Waals surface area contributed by atoms with Gasteiger partial charge in [0, 0.05) is 23.0 Å². The van der Waals surface area contributed by atoms with E-state index in [9.17, 15) is 0 Å². The van der Waals surface area contributed by atoms with Crippen LogP contribution in [0.5, 0.6) is 5.75 Å². The standard InChI is InChI=1S/C20H27NOS/c1-16(2)22-19-11-6-5-9-17(19)15-21-13-7-3-4-10-18(21)20-12-8-14-23-20/h5-6,8-9,11-12,14,16,18H,3-4,7,10,13,15H2,1-2H3/t18-/m0/s1. The van der Waals surface area contributed by atoms with Gasteiger partial charge in [-0.15, -0.1) is 11.3 Å². The largest absolute Gasteiger partial charge is 0.491 e. The second-order valence-electron chi connectivity index (χ2n) is 6.63. The van der Waals surface area contributed by atoms with Crippen LogP contribution in [0.15, 0.2) is 41.8 Å². The fourth-order valence-corrected chi connectivity index (χ4v) is 4.28. The Morgan fingerprint density at radius 2 is 2.00 bits per heavy atom. The average Bonchev–Trinajstić information content (AvgIpc) is 2.96. The monoisotopic (exact) mass is 329 g/mol. The van der Waals surface area contributed by atoms with Gasteiger partial charge in [-0.1, -0.05) is 37.1 Å². The fraction of sp³-hybridized carbons (Fsp3) is 0.500. The summed E-state index contributed by atoms with van der Waals surface area (Å²) in [6.45, 7) is 6.35. The van der Waals surface area contributed by atoms with E-state index in [4.69, 9.17) is 4.74 Å². The van der Waals surface area contributed by atoms with Gasteiger partial charge in [0.15, 0.2) is 0 Å². The first-order valence-electron chi connectivity index (χ1n) is 8.76. The lowest BCUT2D eigenvalue weighted by molar-refractivity contribution is 0.186. The van der Waals surface area contributed by atoms with Gasteiger partial charge in [0.1, 0.15) is 5.75 Å². The first-order valence-corrected chi connectivity index (χ1v) is 9.64. The topological polar surface area (TPSA) is 12.5 Å². The van der Waals surface area contributed by atoms with E-state index in [1.54, 1.807) is 0 Å². The number of nitrogens with zero attached hydrogens (tertiary/aromatic N) is 1. The van der Waals surface area contributed by atoms with E-state index >= 15 is 0 Å². The van der Waals surface area contributed by atoms with Crippen molar-refractivity contribution in [3.63, 3.8) is 0 Å². The molecule has 3 heteroatoms. The minimum absolute atomic E-state index is 0.216. The molecule has 1 aliphatic rings. The highest BCUT2D eigenvalue weighted by atomic mass is 32.1. The lowest BCUT2D eigenvalue weighted by Gasteiger charge is -2.30. The highest BCUT2D eigenvalue weighted by molar-refractivity contribution is 7.10. The van der Waals surface area contributed by atoms with Gasteiger partial charge >= 0.3 is 0 Å². The normalized spacial score (nSPS) is 19.7. The molecule has 23 heavy (non-hydrogen) atoms. The molecule has 0 saturated carbocycles. The summed E-state index contributed by atoms with van der Waals surface area (Å²) in [5.41, 5.74) is 1.31. The second-order valence-corrected chi connectivity index (χ2v) is 7.60. The maximum atomic E-state index is 6.02. The number of ether oxygens (including phenoxy) is 1. The summed E-state index contributed by atoms with van der Waals surface area (Å²) in [7, 11) is 0. The van der Waals surface area contributed by atoms with Crippen molar-refractivity contribution in [3.05, 3.63) is 52.2 Å². The van der Waals surface area contributed by atoms with Crippen molar-refractivity contribution in [1.82, 2.24) is 4.90 Å². The van der Waals surface area contributed by atoms with E-state index in [0.29, 0.717) is 6.04 Å². The maximum Gasteiger partial charge on any atom is 0.124 e. The van der Waals surface area contributed by atoms with Crippen molar-refractivity contribution in [1.29, 1.82) is 0 Å². The summed E-state index contributed by atoms with van der Waals surface area (Å²) >= 11 is 1.89. The van der Waals surface area contributed by atoms with Gasteiger partial charge < -0.3 is 4.74 Å². The third-order valence-corrected chi connectivity index (χ3v) is 5.42. The molecule has 124 valence electrons. The van der Waals surface area contributed by atoms with E-state index in [-0.39, 0.29) is 6.10 Å². The molecule has 0 unspecified atom stereocenters. The highest BCUT2D eigenvalue weighted by Crippen LogP contribution is 2.35. The van der Waals surface area contributed by atoms with E-state index in [0.717, 1.165) is 12.3 Å². The molecule has 2 nitrogen and oxygen atoms in total. The zero-order valence-corrected chi connectivity index (χ0v) is 15.0. The van der Waals surface area contributed by atoms with Crippen molar-refractivity contribution in [2.75, 3.05) is 6.54 Å². The van der Waals surface area contributed by atoms with Gasteiger partial charge in [-0.05, 0) is 50.7 Å². The van der Waals surface area contributed by atoms with Gasteiger partial charge in [-0.3, -0.25) is 4.90 Å². The van der Waals surface area contributed by atoms with Crippen LogP contribution in [0.25, 0.3) is 0 Å². The molecule has 0 bridgehead atoms. The number of hydrogen-bond donors (Lipinski definition) is 0. The Labute approximate surface area is 144 Å². The summed E-state index contributed by atoms with van der Waals surface area (Å²) in [6, 6.07) is 13.6.